The van der Waals surface area contributed by atoms with Crippen LogP contribution < -0.4 is 10.2 Å². The number of hydrogen-bond acceptors (Lipinski definition) is 5. The van der Waals surface area contributed by atoms with Crippen LogP contribution >= 0.6 is 11.3 Å². The number of thiophene rings is 1. The molecule has 5 aliphatic carbocycles. The zero-order chi connectivity index (χ0) is 19.0. The molecule has 1 aliphatic heterocycles. The van der Waals surface area contributed by atoms with Crippen molar-refractivity contribution in [3.05, 3.63) is 16.3 Å². The molecule has 0 amide bonds. The van der Waals surface area contributed by atoms with Gasteiger partial charge in [-0.3, -0.25) is 0 Å². The van der Waals surface area contributed by atoms with E-state index in [4.69, 9.17) is 9.97 Å². The molecule has 5 fully saturated rings. The van der Waals surface area contributed by atoms with E-state index >= 15 is 0 Å². The summed E-state index contributed by atoms with van der Waals surface area (Å²) in [5.41, 5.74) is 1.89. The molecule has 4 nitrogen and oxygen atoms in total. The SMILES string of the molecule is C1CCc2c(sc3nc(C45CC6CC(CC(C6)C4)C5)nc(N4CCNCC4)c23)C1. The number of nitrogens with zero attached hydrogens (tertiary/aromatic N) is 3. The van der Waals surface area contributed by atoms with Gasteiger partial charge in [0.05, 0.1) is 5.39 Å². The second kappa shape index (κ2) is 6.40. The third kappa shape index (κ3) is 2.65. The van der Waals surface area contributed by atoms with Gasteiger partial charge < -0.3 is 10.2 Å². The van der Waals surface area contributed by atoms with Gasteiger partial charge >= 0.3 is 0 Å². The first-order valence-electron chi connectivity index (χ1n) is 12.1. The van der Waals surface area contributed by atoms with Crippen molar-refractivity contribution < 1.29 is 0 Å². The Labute approximate surface area is 177 Å². The van der Waals surface area contributed by atoms with E-state index in [9.17, 15) is 0 Å². The van der Waals surface area contributed by atoms with Crippen LogP contribution in [0.2, 0.25) is 0 Å². The molecule has 0 aromatic carbocycles. The van der Waals surface area contributed by atoms with Crippen molar-refractivity contribution in [1.29, 1.82) is 0 Å². The van der Waals surface area contributed by atoms with Crippen molar-refractivity contribution in [1.82, 2.24) is 15.3 Å². The first-order chi connectivity index (χ1) is 14.3. The van der Waals surface area contributed by atoms with Crippen LogP contribution in [0.1, 0.15) is 67.6 Å². The van der Waals surface area contributed by atoms with Gasteiger partial charge in [-0.1, -0.05) is 0 Å². The minimum atomic E-state index is 0.288. The van der Waals surface area contributed by atoms with E-state index < -0.39 is 0 Å². The molecule has 4 bridgehead atoms. The van der Waals surface area contributed by atoms with E-state index in [1.54, 1.807) is 10.4 Å². The van der Waals surface area contributed by atoms with Crippen LogP contribution in [-0.4, -0.2) is 36.1 Å². The number of hydrogen-bond donors (Lipinski definition) is 1. The maximum absolute atomic E-state index is 5.49. The Morgan fingerprint density at radius 2 is 1.59 bits per heavy atom. The standard InChI is InChI=1S/C24H32N4S/c1-2-4-19-18(3-1)20-21(28-7-5-25-6-8-28)26-23(27-22(20)29-19)24-12-15-9-16(13-24)11-17(10-15)14-24/h15-17,25H,1-14H2. The molecular weight excluding hydrogens is 376 g/mol. The van der Waals surface area contributed by atoms with Crippen LogP contribution in [0, 0.1) is 17.8 Å². The maximum atomic E-state index is 5.49. The molecule has 6 aliphatic rings. The minimum Gasteiger partial charge on any atom is -0.353 e. The Hall–Kier alpha value is -1.20. The summed E-state index contributed by atoms with van der Waals surface area (Å²) in [6, 6.07) is 0. The molecule has 154 valence electrons. The number of aromatic nitrogens is 2. The fourth-order valence-electron chi connectivity index (χ4n) is 7.87. The highest BCUT2D eigenvalue weighted by molar-refractivity contribution is 7.19. The summed E-state index contributed by atoms with van der Waals surface area (Å²) in [6.45, 7) is 4.31. The van der Waals surface area contributed by atoms with E-state index in [1.165, 1.54) is 86.1 Å². The summed E-state index contributed by atoms with van der Waals surface area (Å²) in [6.07, 6.45) is 13.7. The Morgan fingerprint density at radius 3 is 2.31 bits per heavy atom. The molecule has 0 unspecified atom stereocenters. The van der Waals surface area contributed by atoms with Gasteiger partial charge in [0.15, 0.2) is 0 Å². The molecule has 0 radical (unpaired) electrons. The van der Waals surface area contributed by atoms with Gasteiger partial charge in [0.2, 0.25) is 0 Å². The van der Waals surface area contributed by atoms with Crippen LogP contribution in [0.3, 0.4) is 0 Å². The third-order valence-corrected chi connectivity index (χ3v) is 9.91. The molecule has 0 atom stereocenters. The van der Waals surface area contributed by atoms with Crippen molar-refractivity contribution in [3.8, 4) is 0 Å². The summed E-state index contributed by atoms with van der Waals surface area (Å²) >= 11 is 2.00. The monoisotopic (exact) mass is 408 g/mol. The zero-order valence-corrected chi connectivity index (χ0v) is 18.2. The fraction of sp³-hybridized carbons (Fsp3) is 0.750. The van der Waals surface area contributed by atoms with Gasteiger partial charge in [0.1, 0.15) is 16.5 Å². The smallest absolute Gasteiger partial charge is 0.141 e. The molecule has 1 N–H and O–H groups in total. The Kier molecular flexibility index (Phi) is 3.86. The van der Waals surface area contributed by atoms with E-state index in [2.05, 4.69) is 10.2 Å². The summed E-state index contributed by atoms with van der Waals surface area (Å²) in [7, 11) is 0. The number of rotatable bonds is 2. The van der Waals surface area contributed by atoms with Gasteiger partial charge in [-0.2, -0.15) is 0 Å². The first-order valence-corrected chi connectivity index (χ1v) is 12.9. The number of fused-ring (bicyclic) bond motifs is 3. The predicted molar refractivity (Wildman–Crippen MR) is 119 cm³/mol. The highest BCUT2D eigenvalue weighted by Crippen LogP contribution is 2.60. The topological polar surface area (TPSA) is 41.1 Å². The van der Waals surface area contributed by atoms with Crippen molar-refractivity contribution >= 4 is 27.4 Å². The highest BCUT2D eigenvalue weighted by Gasteiger charge is 2.53. The normalized spacial score (nSPS) is 36.0. The van der Waals surface area contributed by atoms with Crippen LogP contribution in [-0.2, 0) is 18.3 Å². The second-order valence-electron chi connectivity index (χ2n) is 10.7. The summed E-state index contributed by atoms with van der Waals surface area (Å²) < 4.78 is 0. The molecule has 4 saturated carbocycles. The molecule has 29 heavy (non-hydrogen) atoms. The number of anilines is 1. The lowest BCUT2D eigenvalue weighted by Crippen LogP contribution is -2.49. The lowest BCUT2D eigenvalue weighted by molar-refractivity contribution is -0.00917. The second-order valence-corrected chi connectivity index (χ2v) is 11.8. The van der Waals surface area contributed by atoms with Crippen molar-refractivity contribution in [2.75, 3.05) is 31.1 Å². The molecule has 2 aromatic heterocycles. The molecule has 1 saturated heterocycles. The van der Waals surface area contributed by atoms with Gasteiger partial charge in [-0.05, 0) is 87.5 Å². The largest absolute Gasteiger partial charge is 0.353 e. The lowest BCUT2D eigenvalue weighted by Gasteiger charge is -2.56. The molecule has 8 rings (SSSR count). The lowest BCUT2D eigenvalue weighted by atomic mass is 9.49. The Bertz CT molecular complexity index is 922. The van der Waals surface area contributed by atoms with E-state index in [0.29, 0.717) is 0 Å². The molecule has 5 heteroatoms. The van der Waals surface area contributed by atoms with E-state index in [1.807, 2.05) is 11.3 Å². The average molecular weight is 409 g/mol. The summed E-state index contributed by atoms with van der Waals surface area (Å²) in [5.74, 6) is 5.36. The Balaban J connectivity index is 1.41. The number of aryl methyl sites for hydroxylation is 2. The molecular formula is C24H32N4S. The Morgan fingerprint density at radius 1 is 0.897 bits per heavy atom. The average Bonchev–Trinajstić information content (AvgIpc) is 3.11. The predicted octanol–water partition coefficient (Wildman–Crippen LogP) is 4.45. The maximum Gasteiger partial charge on any atom is 0.141 e. The highest BCUT2D eigenvalue weighted by atomic mass is 32.1. The molecule has 2 aromatic rings. The first kappa shape index (κ1) is 17.5. The zero-order valence-electron chi connectivity index (χ0n) is 17.4. The van der Waals surface area contributed by atoms with Crippen LogP contribution in [0.5, 0.6) is 0 Å². The van der Waals surface area contributed by atoms with E-state index in [-0.39, 0.29) is 5.41 Å². The number of piperazine rings is 1. The minimum absolute atomic E-state index is 0.288. The van der Waals surface area contributed by atoms with Gasteiger partial charge in [0, 0.05) is 36.5 Å². The van der Waals surface area contributed by atoms with Crippen LogP contribution in [0.25, 0.3) is 10.2 Å². The van der Waals surface area contributed by atoms with Gasteiger partial charge in [-0.15, -0.1) is 11.3 Å². The molecule has 0 spiro atoms. The number of nitrogens with one attached hydrogen (secondary N) is 1. The quantitative estimate of drug-likeness (QED) is 0.797. The van der Waals surface area contributed by atoms with Crippen molar-refractivity contribution in [3.63, 3.8) is 0 Å². The van der Waals surface area contributed by atoms with Crippen LogP contribution in [0.15, 0.2) is 0 Å². The van der Waals surface area contributed by atoms with Crippen LogP contribution in [0.4, 0.5) is 5.82 Å². The van der Waals surface area contributed by atoms with Gasteiger partial charge in [0.25, 0.3) is 0 Å². The molecule has 3 heterocycles. The van der Waals surface area contributed by atoms with Crippen molar-refractivity contribution in [2.45, 2.75) is 69.6 Å². The van der Waals surface area contributed by atoms with Crippen molar-refractivity contribution in [2.24, 2.45) is 17.8 Å². The van der Waals surface area contributed by atoms with Gasteiger partial charge in [-0.25, -0.2) is 9.97 Å². The fourth-order valence-corrected chi connectivity index (χ4v) is 9.12. The summed E-state index contributed by atoms with van der Waals surface area (Å²) in [5, 5.41) is 4.96. The summed E-state index contributed by atoms with van der Waals surface area (Å²) in [4.78, 5) is 16.4. The van der Waals surface area contributed by atoms with E-state index in [0.717, 1.165) is 43.9 Å². The third-order valence-electron chi connectivity index (χ3n) is 8.72.